The zero-order chi connectivity index (χ0) is 16.6. The molecule has 0 aromatic heterocycles. The lowest BCUT2D eigenvalue weighted by molar-refractivity contribution is -0.0802. The molecule has 2 aliphatic heterocycles. The summed E-state index contributed by atoms with van der Waals surface area (Å²) in [4.78, 5) is 0. The van der Waals surface area contributed by atoms with Gasteiger partial charge < -0.3 is 19.5 Å². The molecular formula is C20H29NO3. The SMILES string of the molecule is CC(NCC1CCC=CO1)C(OC1CCOCC1)c1ccccc1. The molecule has 0 bridgehead atoms. The molecule has 24 heavy (non-hydrogen) atoms. The van der Waals surface area contributed by atoms with Crippen molar-refractivity contribution in [2.24, 2.45) is 0 Å². The first-order valence-electron chi connectivity index (χ1n) is 9.15. The Labute approximate surface area is 145 Å². The molecule has 4 heteroatoms. The summed E-state index contributed by atoms with van der Waals surface area (Å²) in [6, 6.07) is 10.7. The van der Waals surface area contributed by atoms with Gasteiger partial charge in [0.05, 0.1) is 18.5 Å². The minimum atomic E-state index is 0.0495. The second-order valence-electron chi connectivity index (χ2n) is 6.68. The van der Waals surface area contributed by atoms with Crippen molar-refractivity contribution in [1.82, 2.24) is 5.32 Å². The fraction of sp³-hybridized carbons (Fsp3) is 0.600. The van der Waals surface area contributed by atoms with Crippen LogP contribution in [0.5, 0.6) is 0 Å². The third-order valence-electron chi connectivity index (χ3n) is 4.78. The van der Waals surface area contributed by atoms with Gasteiger partial charge in [0.15, 0.2) is 0 Å². The van der Waals surface area contributed by atoms with Crippen LogP contribution in [0.2, 0.25) is 0 Å². The zero-order valence-corrected chi connectivity index (χ0v) is 14.5. The summed E-state index contributed by atoms with van der Waals surface area (Å²) in [7, 11) is 0. The van der Waals surface area contributed by atoms with Crippen LogP contribution in [0.25, 0.3) is 0 Å². The van der Waals surface area contributed by atoms with Crippen molar-refractivity contribution in [1.29, 1.82) is 0 Å². The summed E-state index contributed by atoms with van der Waals surface area (Å²) < 4.78 is 17.6. The Morgan fingerprint density at radius 1 is 1.17 bits per heavy atom. The molecule has 0 spiro atoms. The minimum Gasteiger partial charge on any atom is -0.497 e. The van der Waals surface area contributed by atoms with E-state index in [9.17, 15) is 0 Å². The first-order valence-corrected chi connectivity index (χ1v) is 9.15. The van der Waals surface area contributed by atoms with Crippen molar-refractivity contribution >= 4 is 0 Å². The van der Waals surface area contributed by atoms with Gasteiger partial charge in [-0.1, -0.05) is 30.3 Å². The van der Waals surface area contributed by atoms with E-state index in [1.807, 2.05) is 6.26 Å². The van der Waals surface area contributed by atoms with Crippen LogP contribution in [-0.4, -0.2) is 38.0 Å². The Balaban J connectivity index is 1.60. The van der Waals surface area contributed by atoms with Gasteiger partial charge >= 0.3 is 0 Å². The summed E-state index contributed by atoms with van der Waals surface area (Å²) in [5.74, 6) is 0. The van der Waals surface area contributed by atoms with Crippen molar-refractivity contribution in [2.45, 2.75) is 57.0 Å². The second kappa shape index (κ2) is 9.21. The lowest BCUT2D eigenvalue weighted by atomic mass is 10.0. The highest BCUT2D eigenvalue weighted by Gasteiger charge is 2.26. The van der Waals surface area contributed by atoms with Crippen LogP contribution in [0.4, 0.5) is 0 Å². The molecule has 3 rings (SSSR count). The minimum absolute atomic E-state index is 0.0495. The Kier molecular flexibility index (Phi) is 6.70. The molecule has 1 N–H and O–H groups in total. The van der Waals surface area contributed by atoms with Crippen LogP contribution in [-0.2, 0) is 14.2 Å². The maximum Gasteiger partial charge on any atom is 0.110 e. The Morgan fingerprint density at radius 2 is 1.96 bits per heavy atom. The summed E-state index contributed by atoms with van der Waals surface area (Å²) in [5.41, 5.74) is 1.23. The third kappa shape index (κ3) is 5.07. The average Bonchev–Trinajstić information content (AvgIpc) is 2.66. The Bertz CT molecular complexity index is 499. The van der Waals surface area contributed by atoms with Gasteiger partial charge in [0, 0.05) is 25.8 Å². The maximum absolute atomic E-state index is 6.48. The van der Waals surface area contributed by atoms with Crippen molar-refractivity contribution in [3.8, 4) is 0 Å². The third-order valence-corrected chi connectivity index (χ3v) is 4.78. The number of benzene rings is 1. The van der Waals surface area contributed by atoms with Gasteiger partial charge in [0.1, 0.15) is 6.10 Å². The molecule has 1 aromatic carbocycles. The van der Waals surface area contributed by atoms with Crippen LogP contribution in [0, 0.1) is 0 Å². The van der Waals surface area contributed by atoms with E-state index >= 15 is 0 Å². The number of nitrogens with one attached hydrogen (secondary N) is 1. The van der Waals surface area contributed by atoms with Crippen LogP contribution in [0.15, 0.2) is 42.7 Å². The zero-order valence-electron chi connectivity index (χ0n) is 14.5. The molecule has 1 saturated heterocycles. The van der Waals surface area contributed by atoms with Gasteiger partial charge in [-0.05, 0) is 44.2 Å². The molecule has 0 amide bonds. The van der Waals surface area contributed by atoms with Gasteiger partial charge in [-0.3, -0.25) is 0 Å². The van der Waals surface area contributed by atoms with Crippen molar-refractivity contribution in [3.63, 3.8) is 0 Å². The molecule has 3 unspecified atom stereocenters. The lowest BCUT2D eigenvalue weighted by Crippen LogP contribution is -2.41. The predicted octanol–water partition coefficient (Wildman–Crippen LogP) is 3.59. The molecule has 2 heterocycles. The van der Waals surface area contributed by atoms with E-state index in [0.717, 1.165) is 45.4 Å². The second-order valence-corrected chi connectivity index (χ2v) is 6.68. The van der Waals surface area contributed by atoms with Crippen molar-refractivity contribution in [3.05, 3.63) is 48.2 Å². The van der Waals surface area contributed by atoms with E-state index in [4.69, 9.17) is 14.2 Å². The fourth-order valence-electron chi connectivity index (χ4n) is 3.31. The molecule has 0 radical (unpaired) electrons. The number of rotatable bonds is 7. The Morgan fingerprint density at radius 3 is 2.67 bits per heavy atom. The predicted molar refractivity (Wildman–Crippen MR) is 94.8 cm³/mol. The summed E-state index contributed by atoms with van der Waals surface area (Å²) in [6.07, 6.45) is 8.63. The van der Waals surface area contributed by atoms with Crippen LogP contribution in [0.1, 0.15) is 44.3 Å². The van der Waals surface area contributed by atoms with Gasteiger partial charge in [0.25, 0.3) is 0 Å². The molecule has 4 nitrogen and oxygen atoms in total. The first-order chi connectivity index (χ1) is 11.8. The maximum atomic E-state index is 6.48. The van der Waals surface area contributed by atoms with Gasteiger partial charge in [0.2, 0.25) is 0 Å². The molecule has 1 fully saturated rings. The van der Waals surface area contributed by atoms with Crippen LogP contribution >= 0.6 is 0 Å². The van der Waals surface area contributed by atoms with E-state index in [1.54, 1.807) is 0 Å². The van der Waals surface area contributed by atoms with Crippen LogP contribution < -0.4 is 5.32 Å². The van der Waals surface area contributed by atoms with E-state index in [2.05, 4.69) is 48.6 Å². The molecular weight excluding hydrogens is 302 g/mol. The highest BCUT2D eigenvalue weighted by atomic mass is 16.5. The summed E-state index contributed by atoms with van der Waals surface area (Å²) in [6.45, 7) is 4.66. The van der Waals surface area contributed by atoms with Gasteiger partial charge in [-0.15, -0.1) is 0 Å². The van der Waals surface area contributed by atoms with E-state index in [0.29, 0.717) is 0 Å². The molecule has 0 aliphatic carbocycles. The summed E-state index contributed by atoms with van der Waals surface area (Å²) in [5, 5.41) is 3.63. The molecule has 3 atom stereocenters. The van der Waals surface area contributed by atoms with Crippen molar-refractivity contribution < 1.29 is 14.2 Å². The van der Waals surface area contributed by atoms with Gasteiger partial charge in [-0.25, -0.2) is 0 Å². The average molecular weight is 331 g/mol. The highest BCUT2D eigenvalue weighted by Crippen LogP contribution is 2.26. The lowest BCUT2D eigenvalue weighted by Gasteiger charge is -2.32. The van der Waals surface area contributed by atoms with Crippen molar-refractivity contribution in [2.75, 3.05) is 19.8 Å². The van der Waals surface area contributed by atoms with E-state index < -0.39 is 0 Å². The monoisotopic (exact) mass is 331 g/mol. The van der Waals surface area contributed by atoms with Crippen LogP contribution in [0.3, 0.4) is 0 Å². The molecule has 1 aromatic rings. The Hall–Kier alpha value is -1.36. The smallest absolute Gasteiger partial charge is 0.110 e. The molecule has 0 saturated carbocycles. The molecule has 2 aliphatic rings. The number of allylic oxidation sites excluding steroid dienone is 1. The van der Waals surface area contributed by atoms with E-state index in [-0.39, 0.29) is 24.4 Å². The summed E-state index contributed by atoms with van der Waals surface area (Å²) >= 11 is 0. The van der Waals surface area contributed by atoms with E-state index in [1.165, 1.54) is 5.56 Å². The number of hydrogen-bond acceptors (Lipinski definition) is 4. The number of hydrogen-bond donors (Lipinski definition) is 1. The quantitative estimate of drug-likeness (QED) is 0.829. The van der Waals surface area contributed by atoms with Gasteiger partial charge in [-0.2, -0.15) is 0 Å². The number of ether oxygens (including phenoxy) is 3. The standard InChI is InChI=1S/C20H29NO3/c1-16(21-15-19-9-5-6-12-23-19)20(17-7-3-2-4-8-17)24-18-10-13-22-14-11-18/h2-4,6-8,12,16,18-21H,5,9-11,13-15H2,1H3. The topological polar surface area (TPSA) is 39.7 Å². The fourth-order valence-corrected chi connectivity index (χ4v) is 3.31. The highest BCUT2D eigenvalue weighted by molar-refractivity contribution is 5.19. The normalized spacial score (nSPS) is 24.3. The largest absolute Gasteiger partial charge is 0.497 e. The first kappa shape index (κ1) is 17.5. The molecule has 132 valence electrons.